The number of benzene rings is 2. The largest absolute Gasteiger partial charge is 0.446 e. The van der Waals surface area contributed by atoms with Gasteiger partial charge in [0.05, 0.1) is 16.8 Å². The quantitative estimate of drug-likeness (QED) is 0.332. The molecule has 0 heterocycles. The molecule has 0 aromatic heterocycles. The van der Waals surface area contributed by atoms with Gasteiger partial charge in [0.25, 0.3) is 0 Å². The summed E-state index contributed by atoms with van der Waals surface area (Å²) in [7, 11) is 0. The molecule has 0 saturated heterocycles. The zero-order chi connectivity index (χ0) is 18.8. The molecule has 0 saturated carbocycles. The summed E-state index contributed by atoms with van der Waals surface area (Å²) in [6, 6.07) is 6.90. The number of alkyl halides is 2. The monoisotopic (exact) mass is 391 g/mol. The second-order valence-electron chi connectivity index (χ2n) is 5.02. The molecule has 0 N–H and O–H groups in total. The van der Waals surface area contributed by atoms with Gasteiger partial charge < -0.3 is 4.84 Å². The van der Waals surface area contributed by atoms with E-state index in [1.54, 1.807) is 0 Å². The van der Waals surface area contributed by atoms with Crippen molar-refractivity contribution >= 4 is 34.5 Å². The number of nitrogens with zero attached hydrogens (tertiary/aromatic N) is 1. The smallest absolute Gasteiger partial charge is 0.318 e. The second kappa shape index (κ2) is 7.45. The van der Waals surface area contributed by atoms with Crippen molar-refractivity contribution in [2.75, 3.05) is 0 Å². The lowest BCUT2D eigenvalue weighted by molar-refractivity contribution is -0.191. The fraction of sp³-hybridized carbons (Fsp3) is 0.118. The highest BCUT2D eigenvalue weighted by molar-refractivity contribution is 6.34. The second-order valence-corrected chi connectivity index (χ2v) is 5.89. The van der Waals surface area contributed by atoms with E-state index in [2.05, 4.69) is 16.6 Å². The van der Waals surface area contributed by atoms with Crippen molar-refractivity contribution in [1.29, 1.82) is 0 Å². The molecule has 132 valence electrons. The first kappa shape index (κ1) is 19.3. The van der Waals surface area contributed by atoms with Gasteiger partial charge in [-0.05, 0) is 42.8 Å². The Morgan fingerprint density at radius 2 is 1.60 bits per heavy atom. The van der Waals surface area contributed by atoms with Crippen LogP contribution < -0.4 is 0 Å². The van der Waals surface area contributed by atoms with Crippen molar-refractivity contribution in [3.63, 3.8) is 0 Å². The van der Waals surface area contributed by atoms with Gasteiger partial charge in [0.15, 0.2) is 0 Å². The molecule has 2 rings (SSSR count). The Morgan fingerprint density at radius 3 is 2.12 bits per heavy atom. The maximum Gasteiger partial charge on any atom is 0.446 e. The lowest BCUT2D eigenvalue weighted by Crippen LogP contribution is -2.21. The summed E-state index contributed by atoms with van der Waals surface area (Å²) in [5.41, 5.74) is -1.78. The summed E-state index contributed by atoms with van der Waals surface area (Å²) < 4.78 is 55.5. The van der Waals surface area contributed by atoms with Crippen LogP contribution in [0.3, 0.4) is 0 Å². The first-order chi connectivity index (χ1) is 11.6. The van der Waals surface area contributed by atoms with E-state index < -0.39 is 34.6 Å². The van der Waals surface area contributed by atoms with Gasteiger partial charge in [0, 0.05) is 10.0 Å². The van der Waals surface area contributed by atoms with Crippen molar-refractivity contribution in [3.8, 4) is 0 Å². The Bertz CT molecular complexity index is 812. The lowest BCUT2D eigenvalue weighted by Gasteiger charge is -2.17. The van der Waals surface area contributed by atoms with Crippen LogP contribution in [-0.2, 0) is 4.84 Å². The van der Waals surface area contributed by atoms with E-state index >= 15 is 0 Å². The molecule has 0 aliphatic carbocycles. The summed E-state index contributed by atoms with van der Waals surface area (Å²) in [6.07, 6.45) is -3.95. The van der Waals surface area contributed by atoms with E-state index in [0.29, 0.717) is 0 Å². The minimum atomic E-state index is -3.95. The van der Waals surface area contributed by atoms with Gasteiger partial charge in [0.2, 0.25) is 0 Å². The summed E-state index contributed by atoms with van der Waals surface area (Å²) >= 11 is 11.5. The summed E-state index contributed by atoms with van der Waals surface area (Å²) in [6.45, 7) is 4.39. The highest BCUT2D eigenvalue weighted by atomic mass is 35.5. The number of oxime groups is 1. The van der Waals surface area contributed by atoms with Crippen LogP contribution in [0.4, 0.5) is 17.6 Å². The number of halogens is 6. The molecule has 0 aliphatic heterocycles. The first-order valence-corrected chi connectivity index (χ1v) is 7.58. The fourth-order valence-corrected chi connectivity index (χ4v) is 2.49. The van der Waals surface area contributed by atoms with Crippen molar-refractivity contribution in [3.05, 3.63) is 75.8 Å². The molecule has 25 heavy (non-hydrogen) atoms. The third kappa shape index (κ3) is 4.52. The van der Waals surface area contributed by atoms with E-state index in [1.807, 2.05) is 0 Å². The number of rotatable bonds is 5. The zero-order valence-electron chi connectivity index (χ0n) is 12.8. The Kier molecular flexibility index (Phi) is 5.75. The average molecular weight is 392 g/mol. The summed E-state index contributed by atoms with van der Waals surface area (Å²) in [4.78, 5) is 4.19. The van der Waals surface area contributed by atoms with Gasteiger partial charge in [-0.3, -0.25) is 0 Å². The SMILES string of the molecule is C=C(c1cc(Cl)cc(Cl)c1)C(F)(F)O/N=C(\C)c1c(F)cccc1F. The fourth-order valence-electron chi connectivity index (χ4n) is 1.97. The number of hydrogen-bond donors (Lipinski definition) is 0. The molecule has 0 bridgehead atoms. The van der Waals surface area contributed by atoms with Crippen molar-refractivity contribution in [2.24, 2.45) is 5.16 Å². The molecule has 0 atom stereocenters. The molecule has 0 unspecified atom stereocenters. The molecule has 0 radical (unpaired) electrons. The molecule has 0 amide bonds. The van der Waals surface area contributed by atoms with Crippen molar-refractivity contribution in [2.45, 2.75) is 13.0 Å². The van der Waals surface area contributed by atoms with Crippen LogP contribution in [0.5, 0.6) is 0 Å². The minimum Gasteiger partial charge on any atom is -0.318 e. The topological polar surface area (TPSA) is 21.6 Å². The zero-order valence-corrected chi connectivity index (χ0v) is 14.3. The Labute approximate surface area is 151 Å². The lowest BCUT2D eigenvalue weighted by atomic mass is 10.1. The van der Waals surface area contributed by atoms with Crippen molar-refractivity contribution < 1.29 is 22.4 Å². The summed E-state index contributed by atoms with van der Waals surface area (Å²) in [5.74, 6) is -1.90. The Morgan fingerprint density at radius 1 is 1.08 bits per heavy atom. The molecule has 2 nitrogen and oxygen atoms in total. The predicted octanol–water partition coefficient (Wildman–Crippen LogP) is 6.32. The first-order valence-electron chi connectivity index (χ1n) is 6.82. The highest BCUT2D eigenvalue weighted by Gasteiger charge is 2.37. The molecule has 2 aromatic carbocycles. The average Bonchev–Trinajstić information content (AvgIpc) is 2.51. The van der Waals surface area contributed by atoms with E-state index in [4.69, 9.17) is 23.2 Å². The van der Waals surface area contributed by atoms with Gasteiger partial charge in [-0.15, -0.1) is 0 Å². The maximum absolute atomic E-state index is 14.1. The molecular formula is C17H11Cl2F4NO. The third-order valence-electron chi connectivity index (χ3n) is 3.18. The van der Waals surface area contributed by atoms with E-state index in [9.17, 15) is 17.6 Å². The van der Waals surface area contributed by atoms with E-state index in [1.165, 1.54) is 18.2 Å². The third-order valence-corrected chi connectivity index (χ3v) is 3.62. The molecule has 0 spiro atoms. The van der Waals surface area contributed by atoms with Crippen LogP contribution in [0, 0.1) is 11.6 Å². The Balaban J connectivity index is 2.27. The van der Waals surface area contributed by atoms with Crippen LogP contribution in [0.15, 0.2) is 48.1 Å². The molecule has 8 heteroatoms. The van der Waals surface area contributed by atoms with Gasteiger partial charge in [-0.25, -0.2) is 8.78 Å². The predicted molar refractivity (Wildman–Crippen MR) is 90.1 cm³/mol. The van der Waals surface area contributed by atoms with Crippen LogP contribution in [0.1, 0.15) is 18.1 Å². The van der Waals surface area contributed by atoms with Crippen LogP contribution >= 0.6 is 23.2 Å². The normalized spacial score (nSPS) is 12.2. The van der Waals surface area contributed by atoms with Crippen LogP contribution in [0.2, 0.25) is 10.0 Å². The van der Waals surface area contributed by atoms with Crippen LogP contribution in [0.25, 0.3) is 5.57 Å². The van der Waals surface area contributed by atoms with E-state index in [0.717, 1.165) is 25.1 Å². The van der Waals surface area contributed by atoms with Crippen molar-refractivity contribution in [1.82, 2.24) is 0 Å². The van der Waals surface area contributed by atoms with Gasteiger partial charge in [-0.1, -0.05) is 41.0 Å². The van der Waals surface area contributed by atoms with Gasteiger partial charge in [-0.2, -0.15) is 8.78 Å². The minimum absolute atomic E-state index is 0.0626. The number of hydrogen-bond acceptors (Lipinski definition) is 2. The standard InChI is InChI=1S/C17H11Cl2F4NO/c1-9(11-6-12(18)8-13(19)7-11)17(22,23)25-24-10(2)16-14(20)4-3-5-15(16)21/h3-8H,1H2,2H3/b24-10+. The summed E-state index contributed by atoms with van der Waals surface area (Å²) in [5, 5.41) is 3.40. The van der Waals surface area contributed by atoms with Gasteiger partial charge in [0.1, 0.15) is 11.6 Å². The van der Waals surface area contributed by atoms with Gasteiger partial charge >= 0.3 is 6.11 Å². The maximum atomic E-state index is 14.1. The van der Waals surface area contributed by atoms with E-state index in [-0.39, 0.29) is 15.6 Å². The highest BCUT2D eigenvalue weighted by Crippen LogP contribution is 2.35. The molecular weight excluding hydrogens is 381 g/mol. The molecule has 0 fully saturated rings. The Hall–Kier alpha value is -2.05. The van der Waals surface area contributed by atoms with Crippen LogP contribution in [-0.4, -0.2) is 11.8 Å². The molecule has 0 aliphatic rings. The molecule has 2 aromatic rings.